The standard InChI is InChI=1S/C25H18N2O4/c28-25(20-11-5-7-13-22(20)29-19-9-2-1-3-10-19)26-16-18-15-24(31-27-18)23-14-17-8-4-6-12-21(17)30-23/h1-15H,16H2,(H,26,28). The van der Waals surface area contributed by atoms with Crippen molar-refractivity contribution in [2.24, 2.45) is 0 Å². The van der Waals surface area contributed by atoms with E-state index in [9.17, 15) is 4.79 Å². The van der Waals surface area contributed by atoms with E-state index in [2.05, 4.69) is 10.5 Å². The molecule has 0 atom stereocenters. The first kappa shape index (κ1) is 18.7. The third-order valence-electron chi connectivity index (χ3n) is 4.76. The molecule has 31 heavy (non-hydrogen) atoms. The lowest BCUT2D eigenvalue weighted by Gasteiger charge is -2.10. The number of ether oxygens (including phenoxy) is 1. The average molecular weight is 410 g/mol. The van der Waals surface area contributed by atoms with E-state index in [4.69, 9.17) is 13.7 Å². The number of nitrogens with one attached hydrogen (secondary N) is 1. The monoisotopic (exact) mass is 410 g/mol. The smallest absolute Gasteiger partial charge is 0.255 e. The van der Waals surface area contributed by atoms with Crippen molar-refractivity contribution >= 4 is 16.9 Å². The highest BCUT2D eigenvalue weighted by molar-refractivity contribution is 5.97. The first-order valence-corrected chi connectivity index (χ1v) is 9.81. The SMILES string of the molecule is O=C(NCc1cc(-c2cc3ccccc3o2)on1)c1ccccc1Oc1ccccc1. The lowest BCUT2D eigenvalue weighted by Crippen LogP contribution is -2.23. The maximum atomic E-state index is 12.8. The van der Waals surface area contributed by atoms with E-state index < -0.39 is 0 Å². The maximum absolute atomic E-state index is 12.8. The van der Waals surface area contributed by atoms with Gasteiger partial charge in [0, 0.05) is 11.5 Å². The van der Waals surface area contributed by atoms with Gasteiger partial charge < -0.3 is 19.0 Å². The number of amides is 1. The van der Waals surface area contributed by atoms with Crippen LogP contribution in [0.25, 0.3) is 22.5 Å². The van der Waals surface area contributed by atoms with Crippen molar-refractivity contribution in [2.45, 2.75) is 6.54 Å². The molecule has 0 aliphatic heterocycles. The highest BCUT2D eigenvalue weighted by atomic mass is 16.5. The number of furan rings is 1. The van der Waals surface area contributed by atoms with Crippen LogP contribution in [0.2, 0.25) is 0 Å². The largest absolute Gasteiger partial charge is 0.457 e. The van der Waals surface area contributed by atoms with E-state index in [1.807, 2.05) is 66.7 Å². The Morgan fingerprint density at radius 2 is 1.65 bits per heavy atom. The van der Waals surface area contributed by atoms with Crippen molar-refractivity contribution in [3.05, 3.63) is 102 Å². The second-order valence-corrected chi connectivity index (χ2v) is 6.92. The van der Waals surface area contributed by atoms with Gasteiger partial charge in [0.05, 0.1) is 12.1 Å². The van der Waals surface area contributed by atoms with E-state index in [1.165, 1.54) is 0 Å². The molecule has 0 saturated carbocycles. The minimum Gasteiger partial charge on any atom is -0.457 e. The van der Waals surface area contributed by atoms with Gasteiger partial charge in [0.25, 0.3) is 5.91 Å². The molecule has 0 bridgehead atoms. The molecule has 2 aromatic heterocycles. The molecule has 0 unspecified atom stereocenters. The Morgan fingerprint density at radius 3 is 2.52 bits per heavy atom. The normalized spacial score (nSPS) is 10.8. The minimum absolute atomic E-state index is 0.211. The molecule has 0 aliphatic rings. The molecule has 2 heterocycles. The molecular formula is C25H18N2O4. The number of rotatable bonds is 6. The third kappa shape index (κ3) is 4.04. The van der Waals surface area contributed by atoms with Gasteiger partial charge in [-0.05, 0) is 36.4 Å². The van der Waals surface area contributed by atoms with Crippen molar-refractivity contribution in [1.29, 1.82) is 0 Å². The Balaban J connectivity index is 1.28. The Labute approximate surface area is 178 Å². The van der Waals surface area contributed by atoms with Crippen molar-refractivity contribution < 1.29 is 18.5 Å². The highest BCUT2D eigenvalue weighted by Crippen LogP contribution is 2.28. The zero-order chi connectivity index (χ0) is 21.0. The molecule has 3 aromatic carbocycles. The summed E-state index contributed by atoms with van der Waals surface area (Å²) in [5.41, 5.74) is 1.80. The van der Waals surface area contributed by atoms with Gasteiger partial charge in [-0.1, -0.05) is 53.7 Å². The lowest BCUT2D eigenvalue weighted by molar-refractivity contribution is 0.0948. The fourth-order valence-electron chi connectivity index (χ4n) is 3.24. The van der Waals surface area contributed by atoms with Crippen LogP contribution in [0.15, 0.2) is 99.9 Å². The van der Waals surface area contributed by atoms with E-state index in [0.717, 1.165) is 11.0 Å². The summed E-state index contributed by atoms with van der Waals surface area (Å²) in [6.07, 6.45) is 0. The topological polar surface area (TPSA) is 77.5 Å². The number of benzene rings is 3. The average Bonchev–Trinajstić information content (AvgIpc) is 3.45. The van der Waals surface area contributed by atoms with Gasteiger partial charge in [-0.25, -0.2) is 0 Å². The number of hydrogen-bond acceptors (Lipinski definition) is 5. The number of carbonyl (C=O) groups excluding carboxylic acids is 1. The van der Waals surface area contributed by atoms with E-state index >= 15 is 0 Å². The zero-order valence-electron chi connectivity index (χ0n) is 16.4. The summed E-state index contributed by atoms with van der Waals surface area (Å²) >= 11 is 0. The van der Waals surface area contributed by atoms with Gasteiger partial charge >= 0.3 is 0 Å². The van der Waals surface area contributed by atoms with E-state index in [0.29, 0.717) is 34.3 Å². The van der Waals surface area contributed by atoms with Gasteiger partial charge in [-0.2, -0.15) is 0 Å². The van der Waals surface area contributed by atoms with Gasteiger partial charge in [0.1, 0.15) is 22.8 Å². The molecule has 5 aromatic rings. The summed E-state index contributed by atoms with van der Waals surface area (Å²) in [6.45, 7) is 0.211. The lowest BCUT2D eigenvalue weighted by atomic mass is 10.2. The number of hydrogen-bond donors (Lipinski definition) is 1. The number of para-hydroxylation sites is 3. The van der Waals surface area contributed by atoms with Gasteiger partial charge in [-0.3, -0.25) is 4.79 Å². The summed E-state index contributed by atoms with van der Waals surface area (Å²) in [7, 11) is 0. The van der Waals surface area contributed by atoms with Crippen molar-refractivity contribution in [3.63, 3.8) is 0 Å². The maximum Gasteiger partial charge on any atom is 0.255 e. The third-order valence-corrected chi connectivity index (χ3v) is 4.76. The first-order chi connectivity index (χ1) is 15.3. The fraction of sp³-hybridized carbons (Fsp3) is 0.0400. The molecule has 5 rings (SSSR count). The summed E-state index contributed by atoms with van der Waals surface area (Å²) in [5.74, 6) is 1.98. The quantitative estimate of drug-likeness (QED) is 0.382. The minimum atomic E-state index is -0.264. The molecule has 1 amide bonds. The molecule has 1 N–H and O–H groups in total. The first-order valence-electron chi connectivity index (χ1n) is 9.81. The summed E-state index contributed by atoms with van der Waals surface area (Å²) in [4.78, 5) is 12.8. The van der Waals surface area contributed by atoms with Crippen LogP contribution in [0.1, 0.15) is 16.1 Å². The van der Waals surface area contributed by atoms with Crippen LogP contribution < -0.4 is 10.1 Å². The summed E-state index contributed by atoms with van der Waals surface area (Å²) in [5, 5.41) is 7.88. The van der Waals surface area contributed by atoms with Crippen LogP contribution in [-0.4, -0.2) is 11.1 Å². The molecule has 6 heteroatoms. The molecule has 0 radical (unpaired) electrons. The Morgan fingerprint density at radius 1 is 0.871 bits per heavy atom. The number of aromatic nitrogens is 1. The molecule has 0 spiro atoms. The summed E-state index contributed by atoms with van der Waals surface area (Å²) in [6, 6.07) is 27.8. The van der Waals surface area contributed by atoms with Crippen molar-refractivity contribution in [1.82, 2.24) is 10.5 Å². The second-order valence-electron chi connectivity index (χ2n) is 6.92. The van der Waals surface area contributed by atoms with Crippen LogP contribution in [-0.2, 0) is 6.54 Å². The van der Waals surface area contributed by atoms with Crippen LogP contribution in [0.5, 0.6) is 11.5 Å². The van der Waals surface area contributed by atoms with Crippen molar-refractivity contribution in [3.8, 4) is 23.0 Å². The molecule has 152 valence electrons. The van der Waals surface area contributed by atoms with Crippen LogP contribution in [0.4, 0.5) is 0 Å². The van der Waals surface area contributed by atoms with Gasteiger partial charge in [0.15, 0.2) is 5.76 Å². The number of nitrogens with zero attached hydrogens (tertiary/aromatic N) is 1. The Hall–Kier alpha value is -4.32. The number of carbonyl (C=O) groups is 1. The highest BCUT2D eigenvalue weighted by Gasteiger charge is 2.15. The Bertz CT molecular complexity index is 1300. The van der Waals surface area contributed by atoms with Crippen LogP contribution >= 0.6 is 0 Å². The van der Waals surface area contributed by atoms with Crippen LogP contribution in [0, 0.1) is 0 Å². The van der Waals surface area contributed by atoms with Crippen LogP contribution in [0.3, 0.4) is 0 Å². The molecule has 6 nitrogen and oxygen atoms in total. The molecular weight excluding hydrogens is 392 g/mol. The second kappa shape index (κ2) is 8.20. The molecule has 0 saturated heterocycles. The number of fused-ring (bicyclic) bond motifs is 1. The zero-order valence-corrected chi connectivity index (χ0v) is 16.4. The van der Waals surface area contributed by atoms with Crippen molar-refractivity contribution in [2.75, 3.05) is 0 Å². The van der Waals surface area contributed by atoms with E-state index in [1.54, 1.807) is 24.3 Å². The fourth-order valence-corrected chi connectivity index (χ4v) is 3.24. The van der Waals surface area contributed by atoms with Gasteiger partial charge in [-0.15, -0.1) is 0 Å². The molecule has 0 fully saturated rings. The van der Waals surface area contributed by atoms with E-state index in [-0.39, 0.29) is 12.5 Å². The van der Waals surface area contributed by atoms with Gasteiger partial charge in [0.2, 0.25) is 5.76 Å². The predicted molar refractivity (Wildman–Crippen MR) is 116 cm³/mol. The summed E-state index contributed by atoms with van der Waals surface area (Å²) < 4.78 is 17.1. The molecule has 0 aliphatic carbocycles. The Kier molecular flexibility index (Phi) is 4.94. The predicted octanol–water partition coefficient (Wildman–Crippen LogP) is 5.81.